The SMILES string of the molecule is O=C(Nc1cccc2ncccc12)c1n[nH]c2ccccc12. The highest BCUT2D eigenvalue weighted by molar-refractivity contribution is 6.13. The van der Waals surface area contributed by atoms with Crippen LogP contribution in [0.2, 0.25) is 0 Å². The van der Waals surface area contributed by atoms with Crippen molar-refractivity contribution in [1.29, 1.82) is 0 Å². The largest absolute Gasteiger partial charge is 0.320 e. The molecule has 0 saturated carbocycles. The number of aromatic nitrogens is 3. The summed E-state index contributed by atoms with van der Waals surface area (Å²) in [5.41, 5.74) is 2.79. The quantitative estimate of drug-likeness (QED) is 0.594. The Kier molecular flexibility index (Phi) is 2.83. The van der Waals surface area contributed by atoms with E-state index in [0.717, 1.165) is 27.5 Å². The lowest BCUT2D eigenvalue weighted by molar-refractivity contribution is 0.102. The van der Waals surface area contributed by atoms with Gasteiger partial charge in [-0.2, -0.15) is 5.10 Å². The van der Waals surface area contributed by atoms with Crippen LogP contribution in [0.4, 0.5) is 5.69 Å². The molecule has 4 aromatic rings. The van der Waals surface area contributed by atoms with Gasteiger partial charge in [0.2, 0.25) is 0 Å². The summed E-state index contributed by atoms with van der Waals surface area (Å²) in [5, 5.41) is 11.6. The van der Waals surface area contributed by atoms with Crippen LogP contribution in [0.15, 0.2) is 60.8 Å². The average Bonchev–Trinajstić information content (AvgIpc) is 2.99. The molecule has 0 aliphatic heterocycles. The van der Waals surface area contributed by atoms with Gasteiger partial charge in [-0.05, 0) is 30.3 Å². The van der Waals surface area contributed by atoms with E-state index in [1.165, 1.54) is 0 Å². The lowest BCUT2D eigenvalue weighted by Crippen LogP contribution is -2.13. The first-order valence-corrected chi connectivity index (χ1v) is 6.91. The minimum Gasteiger partial charge on any atom is -0.320 e. The Balaban J connectivity index is 1.75. The molecule has 0 aliphatic carbocycles. The second kappa shape index (κ2) is 4.96. The molecule has 0 unspecified atom stereocenters. The van der Waals surface area contributed by atoms with Crippen molar-refractivity contribution in [3.8, 4) is 0 Å². The number of carbonyl (C=O) groups excluding carboxylic acids is 1. The Morgan fingerprint density at radius 2 is 1.82 bits per heavy atom. The van der Waals surface area contributed by atoms with Crippen molar-refractivity contribution >= 4 is 33.4 Å². The van der Waals surface area contributed by atoms with Crippen LogP contribution in [0.3, 0.4) is 0 Å². The molecule has 22 heavy (non-hydrogen) atoms. The van der Waals surface area contributed by atoms with Gasteiger partial charge in [-0.1, -0.05) is 24.3 Å². The third kappa shape index (κ3) is 2.00. The van der Waals surface area contributed by atoms with Gasteiger partial charge < -0.3 is 5.32 Å². The van der Waals surface area contributed by atoms with Crippen LogP contribution < -0.4 is 5.32 Å². The van der Waals surface area contributed by atoms with E-state index in [2.05, 4.69) is 20.5 Å². The number of amides is 1. The summed E-state index contributed by atoms with van der Waals surface area (Å²) >= 11 is 0. The maximum absolute atomic E-state index is 12.5. The Morgan fingerprint density at radius 3 is 2.77 bits per heavy atom. The Labute approximate surface area is 126 Å². The highest BCUT2D eigenvalue weighted by Crippen LogP contribution is 2.23. The number of para-hydroxylation sites is 1. The molecule has 0 radical (unpaired) electrons. The number of H-pyrrole nitrogens is 1. The van der Waals surface area contributed by atoms with E-state index >= 15 is 0 Å². The van der Waals surface area contributed by atoms with Crippen LogP contribution in [0.5, 0.6) is 0 Å². The number of aromatic amines is 1. The number of carbonyl (C=O) groups is 1. The molecular formula is C17H12N4O. The van der Waals surface area contributed by atoms with Crippen molar-refractivity contribution < 1.29 is 4.79 Å². The number of hydrogen-bond donors (Lipinski definition) is 2. The fourth-order valence-corrected chi connectivity index (χ4v) is 2.53. The molecule has 5 nitrogen and oxygen atoms in total. The predicted molar refractivity (Wildman–Crippen MR) is 85.8 cm³/mol. The number of nitrogens with zero attached hydrogens (tertiary/aromatic N) is 2. The molecule has 0 saturated heterocycles. The van der Waals surface area contributed by atoms with Gasteiger partial charge in [-0.15, -0.1) is 0 Å². The van der Waals surface area contributed by atoms with Crippen LogP contribution in [0, 0.1) is 0 Å². The first-order chi connectivity index (χ1) is 10.8. The number of nitrogens with one attached hydrogen (secondary N) is 2. The molecule has 5 heteroatoms. The summed E-state index contributed by atoms with van der Waals surface area (Å²) in [4.78, 5) is 16.8. The zero-order valence-corrected chi connectivity index (χ0v) is 11.6. The lowest BCUT2D eigenvalue weighted by Gasteiger charge is -2.07. The molecule has 0 atom stereocenters. The summed E-state index contributed by atoms with van der Waals surface area (Å²) in [7, 11) is 0. The van der Waals surface area contributed by atoms with E-state index in [-0.39, 0.29) is 5.91 Å². The summed E-state index contributed by atoms with van der Waals surface area (Å²) in [6, 6.07) is 17.0. The maximum Gasteiger partial charge on any atom is 0.276 e. The van der Waals surface area contributed by atoms with Crippen LogP contribution in [0.25, 0.3) is 21.8 Å². The third-order valence-electron chi connectivity index (χ3n) is 3.58. The highest BCUT2D eigenvalue weighted by atomic mass is 16.1. The smallest absolute Gasteiger partial charge is 0.276 e. The molecule has 2 heterocycles. The van der Waals surface area contributed by atoms with Crippen molar-refractivity contribution in [3.05, 3.63) is 66.5 Å². The van der Waals surface area contributed by atoms with Gasteiger partial charge in [0, 0.05) is 17.0 Å². The Hall–Kier alpha value is -3.21. The predicted octanol–water partition coefficient (Wildman–Crippen LogP) is 3.36. The normalized spacial score (nSPS) is 10.9. The third-order valence-corrected chi connectivity index (χ3v) is 3.58. The second-order valence-corrected chi connectivity index (χ2v) is 4.95. The van der Waals surface area contributed by atoms with Gasteiger partial charge in [0.15, 0.2) is 5.69 Å². The molecule has 1 amide bonds. The molecule has 2 aromatic carbocycles. The number of pyridine rings is 1. The maximum atomic E-state index is 12.5. The van der Waals surface area contributed by atoms with Gasteiger partial charge in [0.1, 0.15) is 0 Å². The first-order valence-electron chi connectivity index (χ1n) is 6.91. The van der Waals surface area contributed by atoms with E-state index in [4.69, 9.17) is 0 Å². The molecule has 0 fully saturated rings. The molecule has 2 N–H and O–H groups in total. The molecule has 2 aromatic heterocycles. The lowest BCUT2D eigenvalue weighted by atomic mass is 10.1. The van der Waals surface area contributed by atoms with Crippen molar-refractivity contribution in [1.82, 2.24) is 15.2 Å². The molecule has 0 aliphatic rings. The van der Waals surface area contributed by atoms with Gasteiger partial charge in [-0.25, -0.2) is 0 Å². The number of hydrogen-bond acceptors (Lipinski definition) is 3. The number of anilines is 1. The van der Waals surface area contributed by atoms with Crippen LogP contribution in [-0.2, 0) is 0 Å². The molecule has 4 rings (SSSR count). The zero-order valence-electron chi connectivity index (χ0n) is 11.6. The van der Waals surface area contributed by atoms with Gasteiger partial charge in [0.25, 0.3) is 5.91 Å². The van der Waals surface area contributed by atoms with Gasteiger partial charge in [-0.3, -0.25) is 14.9 Å². The number of benzene rings is 2. The van der Waals surface area contributed by atoms with E-state index in [1.807, 2.05) is 54.6 Å². The minimum absolute atomic E-state index is 0.242. The fraction of sp³-hybridized carbons (Fsp3) is 0. The summed E-state index contributed by atoms with van der Waals surface area (Å²) in [6.45, 7) is 0. The monoisotopic (exact) mass is 288 g/mol. The Morgan fingerprint density at radius 1 is 0.955 bits per heavy atom. The van der Waals surface area contributed by atoms with Crippen molar-refractivity contribution in [2.45, 2.75) is 0 Å². The molecule has 106 valence electrons. The first kappa shape index (κ1) is 12.5. The molecular weight excluding hydrogens is 276 g/mol. The fourth-order valence-electron chi connectivity index (χ4n) is 2.53. The van der Waals surface area contributed by atoms with E-state index in [1.54, 1.807) is 6.20 Å². The minimum atomic E-state index is -0.242. The van der Waals surface area contributed by atoms with E-state index < -0.39 is 0 Å². The summed E-state index contributed by atoms with van der Waals surface area (Å²) in [5.74, 6) is -0.242. The standard InChI is InChI=1S/C17H12N4O/c22-17(16-12-5-1-2-7-15(12)20-21-16)19-14-9-3-8-13-11(14)6-4-10-18-13/h1-10H,(H,19,22)(H,20,21). The zero-order chi connectivity index (χ0) is 14.9. The topological polar surface area (TPSA) is 70.7 Å². The molecule has 0 spiro atoms. The highest BCUT2D eigenvalue weighted by Gasteiger charge is 2.14. The average molecular weight is 288 g/mol. The van der Waals surface area contributed by atoms with Crippen LogP contribution in [0.1, 0.15) is 10.5 Å². The summed E-state index contributed by atoms with van der Waals surface area (Å²) < 4.78 is 0. The van der Waals surface area contributed by atoms with E-state index in [0.29, 0.717) is 5.69 Å². The van der Waals surface area contributed by atoms with Crippen LogP contribution in [-0.4, -0.2) is 21.1 Å². The second-order valence-electron chi connectivity index (χ2n) is 4.95. The summed E-state index contributed by atoms with van der Waals surface area (Å²) in [6.07, 6.45) is 1.73. The van der Waals surface area contributed by atoms with Crippen molar-refractivity contribution in [2.24, 2.45) is 0 Å². The van der Waals surface area contributed by atoms with Gasteiger partial charge >= 0.3 is 0 Å². The van der Waals surface area contributed by atoms with Crippen LogP contribution >= 0.6 is 0 Å². The molecule has 0 bridgehead atoms. The Bertz CT molecular complexity index is 985. The number of rotatable bonds is 2. The van der Waals surface area contributed by atoms with E-state index in [9.17, 15) is 4.79 Å². The van der Waals surface area contributed by atoms with Crippen molar-refractivity contribution in [3.63, 3.8) is 0 Å². The van der Waals surface area contributed by atoms with Gasteiger partial charge in [0.05, 0.1) is 16.7 Å². The van der Waals surface area contributed by atoms with Crippen molar-refractivity contribution in [2.75, 3.05) is 5.32 Å². The number of fused-ring (bicyclic) bond motifs is 2.